The highest BCUT2D eigenvalue weighted by Crippen LogP contribution is 2.32. The predicted octanol–water partition coefficient (Wildman–Crippen LogP) is 1.92. The van der Waals surface area contributed by atoms with Crippen molar-refractivity contribution in [1.82, 2.24) is 19.6 Å². The van der Waals surface area contributed by atoms with Crippen LogP contribution in [0.4, 0.5) is 9.59 Å². The summed E-state index contributed by atoms with van der Waals surface area (Å²) < 4.78 is 11.3. The number of carbonyl (C=O) groups excluding carboxylic acids is 2. The van der Waals surface area contributed by atoms with Crippen molar-refractivity contribution in [3.8, 4) is 0 Å². The number of likely N-dealkylation sites (N-methyl/N-ethyl adjacent to an activating group) is 2. The molecule has 138 valence electrons. The Balaban J connectivity index is 2.05. The third-order valence-electron chi connectivity index (χ3n) is 4.54. The molecule has 0 atom stereocenters. The van der Waals surface area contributed by atoms with Crippen LogP contribution in [0.1, 0.15) is 39.5 Å². The average Bonchev–Trinajstić information content (AvgIpc) is 2.96. The Labute approximate surface area is 144 Å². The minimum absolute atomic E-state index is 0.126. The van der Waals surface area contributed by atoms with Crippen molar-refractivity contribution in [2.45, 2.75) is 51.9 Å². The maximum absolute atomic E-state index is 12.5. The van der Waals surface area contributed by atoms with E-state index in [1.165, 1.54) is 0 Å². The first-order valence-corrected chi connectivity index (χ1v) is 8.76. The lowest BCUT2D eigenvalue weighted by Gasteiger charge is -2.28. The first-order chi connectivity index (χ1) is 11.5. The summed E-state index contributed by atoms with van der Waals surface area (Å²) in [6.07, 6.45) is 3.30. The number of carbonyl (C=O) groups is 2. The molecule has 2 heterocycles. The van der Waals surface area contributed by atoms with Gasteiger partial charge in [0.2, 0.25) is 0 Å². The number of ether oxygens (including phenoxy) is 2. The summed E-state index contributed by atoms with van der Waals surface area (Å²) in [5.41, 5.74) is 0. The van der Waals surface area contributed by atoms with Crippen molar-refractivity contribution >= 4 is 12.1 Å². The molecule has 24 heavy (non-hydrogen) atoms. The quantitative estimate of drug-likeness (QED) is 0.569. The van der Waals surface area contributed by atoms with E-state index in [1.54, 1.807) is 33.7 Å². The number of rotatable bonds is 10. The number of urea groups is 2. The molecule has 0 N–H and O–H groups in total. The van der Waals surface area contributed by atoms with Crippen LogP contribution in [0.2, 0.25) is 0 Å². The van der Waals surface area contributed by atoms with E-state index < -0.39 is 0 Å². The lowest BCUT2D eigenvalue weighted by atomic mass is 10.3. The van der Waals surface area contributed by atoms with Gasteiger partial charge in [0.05, 0.1) is 0 Å². The number of amides is 4. The van der Waals surface area contributed by atoms with Crippen LogP contribution in [0.15, 0.2) is 0 Å². The highest BCUT2D eigenvalue weighted by Gasteiger charge is 2.56. The summed E-state index contributed by atoms with van der Waals surface area (Å²) in [6.45, 7) is 5.78. The normalized spacial score (nSPS) is 23.7. The largest absolute Gasteiger partial charge is 0.361 e. The Bertz CT molecular complexity index is 410. The Kier molecular flexibility index (Phi) is 6.68. The molecule has 2 rings (SSSR count). The zero-order valence-corrected chi connectivity index (χ0v) is 15.2. The molecule has 0 aromatic rings. The van der Waals surface area contributed by atoms with Crippen molar-refractivity contribution in [1.29, 1.82) is 0 Å². The van der Waals surface area contributed by atoms with E-state index >= 15 is 0 Å². The van der Waals surface area contributed by atoms with Crippen molar-refractivity contribution in [2.75, 3.05) is 40.8 Å². The maximum Gasteiger partial charge on any atom is 0.325 e. The fourth-order valence-electron chi connectivity index (χ4n) is 3.09. The SMILES string of the molecule is CCCCOCN1C(=O)N(C)C2C1N(COCCCC)C(=O)N2C. The molecule has 8 heteroatoms. The summed E-state index contributed by atoms with van der Waals surface area (Å²) in [6, 6.07) is -0.251. The van der Waals surface area contributed by atoms with Crippen molar-refractivity contribution in [2.24, 2.45) is 0 Å². The third-order valence-corrected chi connectivity index (χ3v) is 4.54. The van der Waals surface area contributed by atoms with E-state index in [1.807, 2.05) is 0 Å². The number of hydrogen-bond acceptors (Lipinski definition) is 4. The highest BCUT2D eigenvalue weighted by molar-refractivity contribution is 5.84. The van der Waals surface area contributed by atoms with E-state index in [9.17, 15) is 9.59 Å². The molecule has 0 radical (unpaired) electrons. The van der Waals surface area contributed by atoms with Crippen LogP contribution in [-0.2, 0) is 9.47 Å². The van der Waals surface area contributed by atoms with Gasteiger partial charge in [-0.2, -0.15) is 0 Å². The molecule has 0 unspecified atom stereocenters. The maximum atomic E-state index is 12.5. The number of nitrogens with zero attached hydrogens (tertiary/aromatic N) is 4. The topological polar surface area (TPSA) is 65.6 Å². The molecule has 2 saturated heterocycles. The van der Waals surface area contributed by atoms with Crippen molar-refractivity contribution < 1.29 is 19.1 Å². The fourth-order valence-corrected chi connectivity index (χ4v) is 3.09. The van der Waals surface area contributed by atoms with E-state index in [0.29, 0.717) is 13.2 Å². The van der Waals surface area contributed by atoms with Crippen LogP contribution in [0.25, 0.3) is 0 Å². The van der Waals surface area contributed by atoms with Gasteiger partial charge in [-0.25, -0.2) is 9.59 Å². The van der Waals surface area contributed by atoms with Crippen molar-refractivity contribution in [3.05, 3.63) is 0 Å². The van der Waals surface area contributed by atoms with E-state index in [2.05, 4.69) is 13.8 Å². The lowest BCUT2D eigenvalue weighted by molar-refractivity contribution is -0.0263. The molecular weight excluding hydrogens is 312 g/mol. The van der Waals surface area contributed by atoms with Gasteiger partial charge in [-0.15, -0.1) is 0 Å². The predicted molar refractivity (Wildman–Crippen MR) is 89.0 cm³/mol. The lowest BCUT2D eigenvalue weighted by Crippen LogP contribution is -2.48. The van der Waals surface area contributed by atoms with Crippen LogP contribution in [0.3, 0.4) is 0 Å². The molecule has 2 aliphatic heterocycles. The van der Waals surface area contributed by atoms with Gasteiger partial charge >= 0.3 is 12.1 Å². The minimum atomic E-state index is -0.372. The van der Waals surface area contributed by atoms with Gasteiger partial charge in [0, 0.05) is 27.3 Å². The molecule has 0 aromatic carbocycles. The molecule has 4 amide bonds. The van der Waals surface area contributed by atoms with Crippen LogP contribution in [0.5, 0.6) is 0 Å². The van der Waals surface area contributed by atoms with Gasteiger partial charge < -0.3 is 19.3 Å². The van der Waals surface area contributed by atoms with Gasteiger partial charge in [-0.3, -0.25) is 9.80 Å². The Morgan fingerprint density at radius 1 is 0.792 bits per heavy atom. The summed E-state index contributed by atoms with van der Waals surface area (Å²) >= 11 is 0. The van der Waals surface area contributed by atoms with Crippen LogP contribution in [0, 0.1) is 0 Å². The number of hydrogen-bond donors (Lipinski definition) is 0. The van der Waals surface area contributed by atoms with Gasteiger partial charge in [-0.1, -0.05) is 26.7 Å². The van der Waals surface area contributed by atoms with E-state index in [0.717, 1.165) is 25.7 Å². The molecule has 0 saturated carbocycles. The smallest absolute Gasteiger partial charge is 0.325 e. The first kappa shape index (κ1) is 18.8. The summed E-state index contributed by atoms with van der Waals surface area (Å²) in [7, 11) is 3.44. The first-order valence-electron chi connectivity index (χ1n) is 8.76. The third kappa shape index (κ3) is 3.59. The molecule has 0 aromatic heterocycles. The monoisotopic (exact) mass is 342 g/mol. The number of fused-ring (bicyclic) bond motifs is 1. The van der Waals surface area contributed by atoms with Gasteiger partial charge in [0.15, 0.2) is 6.17 Å². The van der Waals surface area contributed by atoms with Gasteiger partial charge in [0.1, 0.15) is 19.6 Å². The Hall–Kier alpha value is -1.54. The molecule has 2 fully saturated rings. The minimum Gasteiger partial charge on any atom is -0.361 e. The summed E-state index contributed by atoms with van der Waals surface area (Å²) in [5.74, 6) is 0. The van der Waals surface area contributed by atoms with Crippen LogP contribution in [-0.4, -0.2) is 84.8 Å². The molecule has 0 bridgehead atoms. The van der Waals surface area contributed by atoms with Crippen molar-refractivity contribution in [3.63, 3.8) is 0 Å². The van der Waals surface area contributed by atoms with Gasteiger partial charge in [-0.05, 0) is 12.8 Å². The van der Waals surface area contributed by atoms with Crippen LogP contribution >= 0.6 is 0 Å². The molecule has 0 aliphatic carbocycles. The second kappa shape index (κ2) is 8.53. The molecule has 0 spiro atoms. The summed E-state index contributed by atoms with van der Waals surface area (Å²) in [5, 5.41) is 0. The van der Waals surface area contributed by atoms with E-state index in [-0.39, 0.29) is 37.9 Å². The number of unbranched alkanes of at least 4 members (excludes halogenated alkanes) is 2. The van der Waals surface area contributed by atoms with E-state index in [4.69, 9.17) is 9.47 Å². The highest BCUT2D eigenvalue weighted by atomic mass is 16.5. The van der Waals surface area contributed by atoms with Gasteiger partial charge in [0.25, 0.3) is 0 Å². The second-order valence-corrected chi connectivity index (χ2v) is 6.34. The zero-order chi connectivity index (χ0) is 17.7. The van der Waals surface area contributed by atoms with Crippen LogP contribution < -0.4 is 0 Å². The molecule has 2 aliphatic rings. The molecular formula is C16H30N4O4. The fraction of sp³-hybridized carbons (Fsp3) is 0.875. The Morgan fingerprint density at radius 2 is 1.21 bits per heavy atom. The standard InChI is InChI=1S/C16H30N4O4/c1-5-7-9-23-11-19-14-13(17(3)15(19)21)18(4)16(22)20(14)12-24-10-8-6-2/h13-14H,5-12H2,1-4H3. The average molecular weight is 342 g/mol. The summed E-state index contributed by atoms with van der Waals surface area (Å²) in [4.78, 5) is 31.5. The zero-order valence-electron chi connectivity index (χ0n) is 15.2. The Morgan fingerprint density at radius 3 is 1.58 bits per heavy atom. The molecule has 8 nitrogen and oxygen atoms in total. The second-order valence-electron chi connectivity index (χ2n) is 6.34.